The second-order valence-electron chi connectivity index (χ2n) is 4.69. The van der Waals surface area contributed by atoms with Crippen LogP contribution in [0, 0.1) is 5.92 Å². The Morgan fingerprint density at radius 3 is 2.65 bits per heavy atom. The van der Waals surface area contributed by atoms with E-state index in [1.807, 2.05) is 20.8 Å². The zero-order valence-corrected chi connectivity index (χ0v) is 11.6. The van der Waals surface area contributed by atoms with Gasteiger partial charge in [0.05, 0.1) is 11.1 Å². The van der Waals surface area contributed by atoms with Crippen LogP contribution in [0.3, 0.4) is 0 Å². The van der Waals surface area contributed by atoms with E-state index in [1.165, 1.54) is 0 Å². The van der Waals surface area contributed by atoms with Crippen LogP contribution in [0.25, 0.3) is 0 Å². The van der Waals surface area contributed by atoms with E-state index in [-0.39, 0.29) is 24.0 Å². The molecule has 0 bridgehead atoms. The Morgan fingerprint density at radius 1 is 1.59 bits per heavy atom. The molecule has 5 heteroatoms. The molecule has 98 valence electrons. The Kier molecular flexibility index (Phi) is 5.33. The lowest BCUT2D eigenvalue weighted by atomic mass is 10.1. The predicted octanol–water partition coefficient (Wildman–Crippen LogP) is 1.32. The van der Waals surface area contributed by atoms with E-state index in [9.17, 15) is 4.79 Å². The Bertz CT molecular complexity index is 296. The molecule has 1 aliphatic rings. The minimum absolute atomic E-state index is 0.0488. The van der Waals surface area contributed by atoms with E-state index in [0.29, 0.717) is 18.1 Å². The zero-order chi connectivity index (χ0) is 13.0. The zero-order valence-electron chi connectivity index (χ0n) is 10.8. The number of carbonyl (C=O) groups excluding carboxylic acids is 1. The summed E-state index contributed by atoms with van der Waals surface area (Å²) in [5.74, 6) is 0.118. The van der Waals surface area contributed by atoms with Gasteiger partial charge >= 0.3 is 0 Å². The standard InChI is InChI=1S/C12H22N2O2S/c1-4-14(7-8(2)11(13)17)12(15)10-6-5-9(3)16-10/h8-10H,4-7H2,1-3H3,(H2,13,17). The highest BCUT2D eigenvalue weighted by molar-refractivity contribution is 7.80. The molecule has 2 N–H and O–H groups in total. The molecule has 1 heterocycles. The summed E-state index contributed by atoms with van der Waals surface area (Å²) in [5.41, 5.74) is 5.58. The molecule has 0 aliphatic carbocycles. The average molecular weight is 258 g/mol. The minimum atomic E-state index is -0.275. The van der Waals surface area contributed by atoms with Crippen LogP contribution in [0.2, 0.25) is 0 Å². The van der Waals surface area contributed by atoms with Crippen LogP contribution >= 0.6 is 12.2 Å². The van der Waals surface area contributed by atoms with Crippen LogP contribution in [0.4, 0.5) is 0 Å². The van der Waals surface area contributed by atoms with Gasteiger partial charge in [0.15, 0.2) is 0 Å². The molecule has 1 fully saturated rings. The molecule has 0 aromatic rings. The van der Waals surface area contributed by atoms with Crippen molar-refractivity contribution < 1.29 is 9.53 Å². The van der Waals surface area contributed by atoms with Crippen LogP contribution in [-0.2, 0) is 9.53 Å². The SMILES string of the molecule is CCN(CC(C)C(N)=S)C(=O)C1CCC(C)O1. The van der Waals surface area contributed by atoms with Crippen LogP contribution in [0.1, 0.15) is 33.6 Å². The number of amides is 1. The van der Waals surface area contributed by atoms with Gasteiger partial charge in [0, 0.05) is 19.0 Å². The van der Waals surface area contributed by atoms with Gasteiger partial charge in [0.25, 0.3) is 5.91 Å². The van der Waals surface area contributed by atoms with Gasteiger partial charge in [-0.05, 0) is 26.7 Å². The van der Waals surface area contributed by atoms with Crippen molar-refractivity contribution in [1.29, 1.82) is 0 Å². The molecule has 4 nitrogen and oxygen atoms in total. The van der Waals surface area contributed by atoms with Crippen molar-refractivity contribution in [3.05, 3.63) is 0 Å². The highest BCUT2D eigenvalue weighted by Gasteiger charge is 2.31. The van der Waals surface area contributed by atoms with Crippen molar-refractivity contribution in [1.82, 2.24) is 4.90 Å². The topological polar surface area (TPSA) is 55.6 Å². The number of nitrogens with two attached hydrogens (primary N) is 1. The van der Waals surface area contributed by atoms with Gasteiger partial charge < -0.3 is 15.4 Å². The molecule has 1 saturated heterocycles. The lowest BCUT2D eigenvalue weighted by Crippen LogP contribution is -2.43. The summed E-state index contributed by atoms with van der Waals surface area (Å²) in [6.45, 7) is 7.15. The molecule has 3 atom stereocenters. The molecule has 3 unspecified atom stereocenters. The van der Waals surface area contributed by atoms with Gasteiger partial charge in [-0.3, -0.25) is 4.79 Å². The van der Waals surface area contributed by atoms with Crippen molar-refractivity contribution in [2.24, 2.45) is 11.7 Å². The third kappa shape index (κ3) is 3.92. The highest BCUT2D eigenvalue weighted by atomic mass is 32.1. The number of ether oxygens (including phenoxy) is 1. The number of hydrogen-bond donors (Lipinski definition) is 1. The van der Waals surface area contributed by atoms with E-state index >= 15 is 0 Å². The summed E-state index contributed by atoms with van der Waals surface area (Å²) in [4.78, 5) is 14.4. The smallest absolute Gasteiger partial charge is 0.251 e. The molecular formula is C12H22N2O2S. The fourth-order valence-corrected chi connectivity index (χ4v) is 2.06. The van der Waals surface area contributed by atoms with Gasteiger partial charge in [0.1, 0.15) is 6.10 Å². The maximum Gasteiger partial charge on any atom is 0.251 e. The number of carbonyl (C=O) groups is 1. The number of thiocarbonyl (C=S) groups is 1. The molecule has 0 aromatic heterocycles. The van der Waals surface area contributed by atoms with Crippen LogP contribution in [0.5, 0.6) is 0 Å². The van der Waals surface area contributed by atoms with Gasteiger partial charge in [-0.1, -0.05) is 19.1 Å². The summed E-state index contributed by atoms with van der Waals surface area (Å²) in [6.07, 6.45) is 1.69. The number of nitrogens with zero attached hydrogens (tertiary/aromatic N) is 1. The summed E-state index contributed by atoms with van der Waals surface area (Å²) in [5, 5.41) is 0. The monoisotopic (exact) mass is 258 g/mol. The normalized spacial score (nSPS) is 25.6. The lowest BCUT2D eigenvalue weighted by molar-refractivity contribution is -0.142. The highest BCUT2D eigenvalue weighted by Crippen LogP contribution is 2.21. The van der Waals surface area contributed by atoms with Gasteiger partial charge in [-0.25, -0.2) is 0 Å². The van der Waals surface area contributed by atoms with Crippen LogP contribution < -0.4 is 5.73 Å². The summed E-state index contributed by atoms with van der Waals surface area (Å²) < 4.78 is 5.59. The molecule has 0 saturated carbocycles. The first kappa shape index (κ1) is 14.4. The molecule has 0 spiro atoms. The average Bonchev–Trinajstić information content (AvgIpc) is 2.71. The number of hydrogen-bond acceptors (Lipinski definition) is 3. The van der Waals surface area contributed by atoms with Crippen molar-refractivity contribution in [3.8, 4) is 0 Å². The molecule has 1 rings (SSSR count). The van der Waals surface area contributed by atoms with Crippen molar-refractivity contribution >= 4 is 23.1 Å². The van der Waals surface area contributed by atoms with Gasteiger partial charge in [-0.15, -0.1) is 0 Å². The van der Waals surface area contributed by atoms with Crippen molar-refractivity contribution in [3.63, 3.8) is 0 Å². The first-order chi connectivity index (χ1) is 7.95. The largest absolute Gasteiger partial charge is 0.393 e. The summed E-state index contributed by atoms with van der Waals surface area (Å²) in [7, 11) is 0. The van der Waals surface area contributed by atoms with Crippen LogP contribution in [-0.4, -0.2) is 41.1 Å². The molecule has 0 radical (unpaired) electrons. The fraction of sp³-hybridized carbons (Fsp3) is 0.833. The predicted molar refractivity (Wildman–Crippen MR) is 71.8 cm³/mol. The van der Waals surface area contributed by atoms with E-state index in [0.717, 1.165) is 12.8 Å². The third-order valence-electron chi connectivity index (χ3n) is 3.18. The molecule has 1 aliphatic heterocycles. The van der Waals surface area contributed by atoms with Crippen molar-refractivity contribution in [2.75, 3.05) is 13.1 Å². The molecule has 1 amide bonds. The third-order valence-corrected chi connectivity index (χ3v) is 3.58. The minimum Gasteiger partial charge on any atom is -0.393 e. The second-order valence-corrected chi connectivity index (χ2v) is 5.16. The van der Waals surface area contributed by atoms with Crippen molar-refractivity contribution in [2.45, 2.75) is 45.8 Å². The quantitative estimate of drug-likeness (QED) is 0.756. The second kappa shape index (κ2) is 6.31. The maximum absolute atomic E-state index is 12.2. The Labute approximate surface area is 108 Å². The first-order valence-corrected chi connectivity index (χ1v) is 6.60. The Hall–Kier alpha value is -0.680. The lowest BCUT2D eigenvalue weighted by Gasteiger charge is -2.26. The number of likely N-dealkylation sites (N-methyl/N-ethyl adjacent to an activating group) is 1. The molecule has 0 aromatic carbocycles. The number of rotatable bonds is 5. The van der Waals surface area contributed by atoms with Gasteiger partial charge in [-0.2, -0.15) is 0 Å². The summed E-state index contributed by atoms with van der Waals surface area (Å²) >= 11 is 4.93. The first-order valence-electron chi connectivity index (χ1n) is 6.19. The maximum atomic E-state index is 12.2. The van der Waals surface area contributed by atoms with E-state index in [2.05, 4.69) is 0 Å². The van der Waals surface area contributed by atoms with E-state index < -0.39 is 0 Å². The summed E-state index contributed by atoms with van der Waals surface area (Å²) in [6, 6.07) is 0. The Balaban J connectivity index is 2.55. The van der Waals surface area contributed by atoms with Gasteiger partial charge in [0.2, 0.25) is 0 Å². The van der Waals surface area contributed by atoms with Crippen LogP contribution in [0.15, 0.2) is 0 Å². The van der Waals surface area contributed by atoms with E-state index in [4.69, 9.17) is 22.7 Å². The fourth-order valence-electron chi connectivity index (χ4n) is 1.98. The van der Waals surface area contributed by atoms with E-state index in [1.54, 1.807) is 4.90 Å². The molecular weight excluding hydrogens is 236 g/mol. The Morgan fingerprint density at radius 2 is 2.24 bits per heavy atom. The molecule has 17 heavy (non-hydrogen) atoms.